The van der Waals surface area contributed by atoms with Gasteiger partial charge in [0.15, 0.2) is 4.33 Å². The first-order valence-corrected chi connectivity index (χ1v) is 8.01. The van der Waals surface area contributed by atoms with E-state index in [-0.39, 0.29) is 11.8 Å². The molecule has 1 atom stereocenters. The number of carbonyl (C=O) groups is 1. The van der Waals surface area contributed by atoms with Crippen LogP contribution in [0.25, 0.3) is 0 Å². The molecule has 2 aromatic carbocycles. The van der Waals surface area contributed by atoms with Crippen LogP contribution in [0.5, 0.6) is 0 Å². The summed E-state index contributed by atoms with van der Waals surface area (Å²) in [6.45, 7) is 1.97. The molecular weight excluding hydrogens is 331 g/mol. The Labute approximate surface area is 145 Å². The fourth-order valence-corrected chi connectivity index (χ4v) is 3.17. The summed E-state index contributed by atoms with van der Waals surface area (Å²) in [4.78, 5) is 12.0. The van der Waals surface area contributed by atoms with Crippen LogP contribution >= 0.6 is 23.2 Å². The summed E-state index contributed by atoms with van der Waals surface area (Å²) < 4.78 is -0.928. The second kappa shape index (κ2) is 6.26. The number of aryl methyl sites for hydroxylation is 1. The number of carbonyl (C=O) groups excluding carboxylic acids is 1. The van der Waals surface area contributed by atoms with E-state index < -0.39 is 4.33 Å². The predicted molar refractivity (Wildman–Crippen MR) is 93.5 cm³/mol. The molecule has 0 aromatic heterocycles. The Hall–Kier alpha value is -1.97. The highest BCUT2D eigenvalue weighted by atomic mass is 35.5. The van der Waals surface area contributed by atoms with Gasteiger partial charge in [-0.05, 0) is 30.2 Å². The van der Waals surface area contributed by atoms with Gasteiger partial charge in [0, 0.05) is 17.7 Å². The molecule has 0 radical (unpaired) electrons. The Bertz CT molecular complexity index is 739. The van der Waals surface area contributed by atoms with Crippen LogP contribution in [-0.2, 0) is 0 Å². The van der Waals surface area contributed by atoms with Crippen molar-refractivity contribution < 1.29 is 4.79 Å². The van der Waals surface area contributed by atoms with Gasteiger partial charge in [-0.25, -0.2) is 0 Å². The normalized spacial score (nSPS) is 20.1. The third-order valence-corrected chi connectivity index (χ3v) is 4.71. The van der Waals surface area contributed by atoms with Gasteiger partial charge < -0.3 is 5.43 Å². The Morgan fingerprint density at radius 2 is 1.74 bits per heavy atom. The fourth-order valence-electron chi connectivity index (χ4n) is 2.47. The number of amides is 1. The van der Waals surface area contributed by atoms with Crippen LogP contribution in [0.15, 0.2) is 66.4 Å². The zero-order valence-corrected chi connectivity index (χ0v) is 14.0. The molecule has 0 spiro atoms. The van der Waals surface area contributed by atoms with Crippen LogP contribution in [-0.4, -0.2) is 10.2 Å². The van der Waals surface area contributed by atoms with E-state index in [1.165, 1.54) is 0 Å². The van der Waals surface area contributed by atoms with Crippen molar-refractivity contribution in [2.24, 2.45) is 0 Å². The van der Waals surface area contributed by atoms with E-state index in [1.807, 2.05) is 49.4 Å². The first-order valence-electron chi connectivity index (χ1n) is 7.26. The summed E-state index contributed by atoms with van der Waals surface area (Å²) in [7, 11) is 0. The van der Waals surface area contributed by atoms with E-state index >= 15 is 0 Å². The number of alkyl halides is 2. The minimum absolute atomic E-state index is 0.0594. The highest BCUT2D eigenvalue weighted by Crippen LogP contribution is 2.64. The third-order valence-electron chi connectivity index (χ3n) is 3.84. The topological polar surface area (TPSA) is 41.1 Å². The van der Waals surface area contributed by atoms with Crippen LogP contribution in [0.1, 0.15) is 27.4 Å². The van der Waals surface area contributed by atoms with Gasteiger partial charge in [0.2, 0.25) is 0 Å². The van der Waals surface area contributed by atoms with Crippen molar-refractivity contribution in [3.8, 4) is 0 Å². The SMILES string of the molecule is Cc1ccc(C(=O)NNC=C2C(c3ccccc3)C2(Cl)Cl)cc1. The lowest BCUT2D eigenvalue weighted by molar-refractivity contribution is 0.0941. The van der Waals surface area contributed by atoms with Crippen molar-refractivity contribution in [2.45, 2.75) is 17.2 Å². The summed E-state index contributed by atoms with van der Waals surface area (Å²) in [5.41, 5.74) is 8.97. The zero-order valence-electron chi connectivity index (χ0n) is 12.5. The molecule has 1 aliphatic carbocycles. The highest BCUT2D eigenvalue weighted by Gasteiger charge is 2.58. The lowest BCUT2D eigenvalue weighted by atomic mass is 10.1. The van der Waals surface area contributed by atoms with Gasteiger partial charge in [-0.2, -0.15) is 0 Å². The van der Waals surface area contributed by atoms with Crippen molar-refractivity contribution in [1.82, 2.24) is 10.9 Å². The number of allylic oxidation sites excluding steroid dienone is 1. The molecule has 0 heterocycles. The number of benzene rings is 2. The summed E-state index contributed by atoms with van der Waals surface area (Å²) >= 11 is 12.6. The maximum absolute atomic E-state index is 12.0. The van der Waals surface area contributed by atoms with Crippen LogP contribution in [0.4, 0.5) is 0 Å². The molecule has 0 bridgehead atoms. The third kappa shape index (κ3) is 3.36. The Morgan fingerprint density at radius 3 is 2.39 bits per heavy atom. The van der Waals surface area contributed by atoms with E-state index in [9.17, 15) is 4.79 Å². The molecule has 23 heavy (non-hydrogen) atoms. The monoisotopic (exact) mass is 346 g/mol. The molecule has 1 saturated carbocycles. The van der Waals surface area contributed by atoms with Gasteiger partial charge in [0.05, 0.1) is 0 Å². The standard InChI is InChI=1S/C18H16Cl2N2O/c1-12-7-9-14(10-8-12)17(23)22-21-11-15-16(18(15,19)20)13-5-3-2-4-6-13/h2-11,16,21H,1H3,(H,22,23). The van der Waals surface area contributed by atoms with Crippen LogP contribution in [0, 0.1) is 6.92 Å². The molecule has 118 valence electrons. The van der Waals surface area contributed by atoms with Crippen molar-refractivity contribution in [3.05, 3.63) is 83.1 Å². The zero-order chi connectivity index (χ0) is 16.4. The largest absolute Gasteiger partial charge is 0.306 e. The van der Waals surface area contributed by atoms with Crippen molar-refractivity contribution >= 4 is 29.1 Å². The Morgan fingerprint density at radius 1 is 1.09 bits per heavy atom. The lowest BCUT2D eigenvalue weighted by Crippen LogP contribution is -2.33. The molecule has 3 nitrogen and oxygen atoms in total. The number of hydrogen-bond acceptors (Lipinski definition) is 2. The van der Waals surface area contributed by atoms with Crippen LogP contribution in [0.3, 0.4) is 0 Å². The minimum atomic E-state index is -0.928. The quantitative estimate of drug-likeness (QED) is 0.646. The Balaban J connectivity index is 1.62. The first kappa shape index (κ1) is 15.9. The first-order chi connectivity index (χ1) is 11.0. The lowest BCUT2D eigenvalue weighted by Gasteiger charge is -2.04. The molecule has 1 unspecified atom stereocenters. The second-order valence-corrected chi connectivity index (χ2v) is 6.92. The van der Waals surface area contributed by atoms with Gasteiger partial charge >= 0.3 is 0 Å². The van der Waals surface area contributed by atoms with Gasteiger partial charge in [-0.3, -0.25) is 10.2 Å². The molecular formula is C18H16Cl2N2O. The van der Waals surface area contributed by atoms with E-state index in [2.05, 4.69) is 10.9 Å². The van der Waals surface area contributed by atoms with Gasteiger partial charge in [0.25, 0.3) is 5.91 Å². The molecule has 2 aromatic rings. The van der Waals surface area contributed by atoms with Gasteiger partial charge in [0.1, 0.15) is 0 Å². The maximum Gasteiger partial charge on any atom is 0.269 e. The van der Waals surface area contributed by atoms with Crippen molar-refractivity contribution in [3.63, 3.8) is 0 Å². The van der Waals surface area contributed by atoms with E-state index in [1.54, 1.807) is 18.3 Å². The molecule has 1 amide bonds. The molecule has 1 aliphatic rings. The molecule has 2 N–H and O–H groups in total. The fraction of sp³-hybridized carbons (Fsp3) is 0.167. The summed E-state index contributed by atoms with van der Waals surface area (Å²) in [6, 6.07) is 17.1. The molecule has 5 heteroatoms. The summed E-state index contributed by atoms with van der Waals surface area (Å²) in [6.07, 6.45) is 1.66. The highest BCUT2D eigenvalue weighted by molar-refractivity contribution is 6.55. The van der Waals surface area contributed by atoms with Crippen LogP contribution in [0.2, 0.25) is 0 Å². The van der Waals surface area contributed by atoms with Crippen molar-refractivity contribution in [1.29, 1.82) is 0 Å². The number of nitrogens with one attached hydrogen (secondary N) is 2. The summed E-state index contributed by atoms with van der Waals surface area (Å²) in [5.74, 6) is -0.274. The number of halogens is 2. The van der Waals surface area contributed by atoms with Gasteiger partial charge in [-0.15, -0.1) is 0 Å². The second-order valence-electron chi connectivity index (χ2n) is 5.53. The summed E-state index contributed by atoms with van der Waals surface area (Å²) in [5, 5.41) is 0. The molecule has 3 rings (SSSR count). The number of hydrogen-bond donors (Lipinski definition) is 2. The number of hydrazine groups is 1. The Kier molecular flexibility index (Phi) is 4.33. The minimum Gasteiger partial charge on any atom is -0.306 e. The van der Waals surface area contributed by atoms with Crippen LogP contribution < -0.4 is 10.9 Å². The van der Waals surface area contributed by atoms with Gasteiger partial charge in [-0.1, -0.05) is 71.2 Å². The molecule has 1 fully saturated rings. The number of rotatable bonds is 4. The smallest absolute Gasteiger partial charge is 0.269 e. The predicted octanol–water partition coefficient (Wildman–Crippen LogP) is 4.08. The van der Waals surface area contributed by atoms with Crippen molar-refractivity contribution in [2.75, 3.05) is 0 Å². The average molecular weight is 347 g/mol. The molecule has 0 saturated heterocycles. The molecule has 0 aliphatic heterocycles. The average Bonchev–Trinajstić information content (AvgIpc) is 3.09. The van der Waals surface area contributed by atoms with E-state index in [4.69, 9.17) is 23.2 Å². The van der Waals surface area contributed by atoms with E-state index in [0.717, 1.165) is 16.7 Å². The maximum atomic E-state index is 12.0. The van der Waals surface area contributed by atoms with E-state index in [0.29, 0.717) is 5.56 Å².